The second-order valence-corrected chi connectivity index (χ2v) is 6.71. The van der Waals surface area contributed by atoms with Gasteiger partial charge in [-0.05, 0) is 49.2 Å². The van der Waals surface area contributed by atoms with Crippen LogP contribution < -0.4 is 16.0 Å². The van der Waals surface area contributed by atoms with Crippen LogP contribution in [0.15, 0.2) is 42.5 Å². The highest BCUT2D eigenvalue weighted by Crippen LogP contribution is 2.19. The molecule has 0 aliphatic carbocycles. The predicted octanol–water partition coefficient (Wildman–Crippen LogP) is 1.97. The molecule has 0 fully saturated rings. The monoisotopic (exact) mass is 363 g/mol. The van der Waals surface area contributed by atoms with Crippen molar-refractivity contribution < 1.29 is 9.59 Å². The Morgan fingerprint density at radius 2 is 2.00 bits per heavy atom. The fraction of sp³-hybridized carbons (Fsp3) is 0.250. The van der Waals surface area contributed by atoms with Gasteiger partial charge in [0.2, 0.25) is 5.91 Å². The summed E-state index contributed by atoms with van der Waals surface area (Å²) in [4.78, 5) is 25.0. The van der Waals surface area contributed by atoms with Crippen LogP contribution in [0.2, 0.25) is 0 Å². The van der Waals surface area contributed by atoms with Crippen LogP contribution in [-0.2, 0) is 17.8 Å². The van der Waals surface area contributed by atoms with Gasteiger partial charge < -0.3 is 16.0 Å². The van der Waals surface area contributed by atoms with Gasteiger partial charge >= 0.3 is 0 Å². The van der Waals surface area contributed by atoms with Crippen LogP contribution in [0.1, 0.15) is 28.5 Å². The smallest absolute Gasteiger partial charge is 0.273 e. The van der Waals surface area contributed by atoms with E-state index in [1.165, 1.54) is 11.1 Å². The molecule has 7 nitrogen and oxygen atoms in total. The number of fused-ring (bicyclic) bond motifs is 2. The van der Waals surface area contributed by atoms with Crippen molar-refractivity contribution in [1.29, 1.82) is 0 Å². The van der Waals surface area contributed by atoms with E-state index in [0.29, 0.717) is 0 Å². The Morgan fingerprint density at radius 3 is 2.89 bits per heavy atom. The molecular formula is C20H21N5O2. The van der Waals surface area contributed by atoms with E-state index >= 15 is 0 Å². The Kier molecular flexibility index (Phi) is 4.60. The number of rotatable bonds is 4. The zero-order valence-electron chi connectivity index (χ0n) is 15.0. The first-order valence-electron chi connectivity index (χ1n) is 8.99. The lowest BCUT2D eigenvalue weighted by molar-refractivity contribution is -0.117. The summed E-state index contributed by atoms with van der Waals surface area (Å²) in [5, 5.41) is 16.5. The van der Waals surface area contributed by atoms with Gasteiger partial charge in [-0.1, -0.05) is 24.3 Å². The zero-order valence-corrected chi connectivity index (χ0v) is 15.0. The van der Waals surface area contributed by atoms with Crippen molar-refractivity contribution in [1.82, 2.24) is 20.8 Å². The summed E-state index contributed by atoms with van der Waals surface area (Å²) in [6.45, 7) is 3.43. The highest BCUT2D eigenvalue weighted by atomic mass is 16.2. The molecule has 4 rings (SSSR count). The van der Waals surface area contributed by atoms with E-state index < -0.39 is 6.04 Å². The first-order chi connectivity index (χ1) is 13.1. The molecule has 138 valence electrons. The van der Waals surface area contributed by atoms with Crippen LogP contribution in [0.5, 0.6) is 0 Å². The van der Waals surface area contributed by atoms with Crippen LogP contribution in [0.25, 0.3) is 10.9 Å². The van der Waals surface area contributed by atoms with Gasteiger partial charge in [0, 0.05) is 17.6 Å². The fourth-order valence-electron chi connectivity index (χ4n) is 3.28. The molecule has 0 radical (unpaired) electrons. The predicted molar refractivity (Wildman–Crippen MR) is 104 cm³/mol. The third-order valence-corrected chi connectivity index (χ3v) is 4.79. The number of aromatic nitrogens is 2. The molecule has 0 saturated heterocycles. The summed E-state index contributed by atoms with van der Waals surface area (Å²) >= 11 is 0. The minimum absolute atomic E-state index is 0.271. The quantitative estimate of drug-likeness (QED) is 0.569. The second-order valence-electron chi connectivity index (χ2n) is 6.71. The molecule has 7 heteroatoms. The lowest BCUT2D eigenvalue weighted by atomic mass is 10.0. The third kappa shape index (κ3) is 3.54. The number of hydrogen-bond donors (Lipinski definition) is 4. The number of anilines is 1. The molecule has 2 amide bonds. The fourth-order valence-corrected chi connectivity index (χ4v) is 3.28. The van der Waals surface area contributed by atoms with Gasteiger partial charge in [-0.15, -0.1) is 0 Å². The van der Waals surface area contributed by atoms with Gasteiger partial charge in [0.25, 0.3) is 5.91 Å². The number of nitrogens with zero attached hydrogens (tertiary/aromatic N) is 1. The van der Waals surface area contributed by atoms with Crippen LogP contribution in [0.4, 0.5) is 5.69 Å². The summed E-state index contributed by atoms with van der Waals surface area (Å²) in [5.74, 6) is -0.656. The highest BCUT2D eigenvalue weighted by molar-refractivity contribution is 6.06. The van der Waals surface area contributed by atoms with Crippen LogP contribution in [0, 0.1) is 0 Å². The molecule has 1 aliphatic rings. The van der Waals surface area contributed by atoms with Crippen molar-refractivity contribution in [3.63, 3.8) is 0 Å². The molecule has 1 aromatic heterocycles. The van der Waals surface area contributed by atoms with Gasteiger partial charge in [0.15, 0.2) is 5.69 Å². The molecule has 3 aromatic rings. The number of H-pyrrole nitrogens is 1. The summed E-state index contributed by atoms with van der Waals surface area (Å²) in [6, 6.07) is 12.6. The Labute approximate surface area is 156 Å². The number of amides is 2. The highest BCUT2D eigenvalue weighted by Gasteiger charge is 2.20. The minimum atomic E-state index is -0.692. The molecule has 4 N–H and O–H groups in total. The Hall–Kier alpha value is -3.19. The molecular weight excluding hydrogens is 342 g/mol. The maximum absolute atomic E-state index is 12.5. The van der Waals surface area contributed by atoms with Crippen molar-refractivity contribution >= 4 is 28.4 Å². The largest absolute Gasteiger partial charge is 0.339 e. The van der Waals surface area contributed by atoms with Gasteiger partial charge in [-0.3, -0.25) is 14.7 Å². The van der Waals surface area contributed by atoms with Gasteiger partial charge in [0.05, 0.1) is 5.52 Å². The van der Waals surface area contributed by atoms with Crippen molar-refractivity contribution in [2.24, 2.45) is 0 Å². The number of carbonyl (C=O) groups excluding carboxylic acids is 2. The maximum atomic E-state index is 12.5. The molecule has 0 spiro atoms. The van der Waals surface area contributed by atoms with E-state index in [2.05, 4.69) is 26.1 Å². The van der Waals surface area contributed by atoms with E-state index in [9.17, 15) is 9.59 Å². The maximum Gasteiger partial charge on any atom is 0.273 e. The molecule has 0 bridgehead atoms. The van der Waals surface area contributed by atoms with Crippen molar-refractivity contribution in [3.05, 3.63) is 59.3 Å². The molecule has 27 heavy (non-hydrogen) atoms. The minimum Gasteiger partial charge on any atom is -0.339 e. The summed E-state index contributed by atoms with van der Waals surface area (Å²) in [6.07, 6.45) is 0.994. The average Bonchev–Trinajstić information content (AvgIpc) is 3.12. The number of benzene rings is 2. The summed E-state index contributed by atoms with van der Waals surface area (Å²) < 4.78 is 0. The topological polar surface area (TPSA) is 98.9 Å². The number of hydrogen-bond acceptors (Lipinski definition) is 4. The van der Waals surface area contributed by atoms with Crippen molar-refractivity contribution in [2.75, 3.05) is 11.9 Å². The summed E-state index contributed by atoms with van der Waals surface area (Å²) in [7, 11) is 0. The van der Waals surface area contributed by atoms with E-state index in [1.807, 2.05) is 42.5 Å². The first kappa shape index (κ1) is 17.2. The zero-order chi connectivity index (χ0) is 18.8. The van der Waals surface area contributed by atoms with Crippen LogP contribution in [-0.4, -0.2) is 34.6 Å². The molecule has 2 aromatic carbocycles. The molecule has 0 saturated carbocycles. The Morgan fingerprint density at radius 1 is 1.15 bits per heavy atom. The SMILES string of the molecule is CC(NC(=O)c1n[nH]c2ccccc12)C(=O)Nc1ccc2c(c1)CNCC2. The number of aromatic amines is 1. The average molecular weight is 363 g/mol. The number of para-hydroxylation sites is 1. The van der Waals surface area contributed by atoms with E-state index in [0.717, 1.165) is 36.1 Å². The first-order valence-corrected chi connectivity index (χ1v) is 8.99. The lowest BCUT2D eigenvalue weighted by Gasteiger charge is -2.19. The van der Waals surface area contributed by atoms with Crippen LogP contribution >= 0.6 is 0 Å². The van der Waals surface area contributed by atoms with E-state index in [-0.39, 0.29) is 17.5 Å². The molecule has 1 unspecified atom stereocenters. The van der Waals surface area contributed by atoms with E-state index in [4.69, 9.17) is 0 Å². The standard InChI is InChI=1S/C20H21N5O2/c1-12(22-20(27)18-16-4-2-3-5-17(16)24-25-18)19(26)23-15-7-6-13-8-9-21-11-14(13)10-15/h2-7,10,12,21H,8-9,11H2,1H3,(H,22,27)(H,23,26)(H,24,25). The third-order valence-electron chi connectivity index (χ3n) is 4.79. The Balaban J connectivity index is 1.42. The van der Waals surface area contributed by atoms with Crippen molar-refractivity contribution in [2.45, 2.75) is 25.9 Å². The van der Waals surface area contributed by atoms with Crippen molar-refractivity contribution in [3.8, 4) is 0 Å². The normalized spacial score (nSPS) is 14.4. The van der Waals surface area contributed by atoms with Gasteiger partial charge in [-0.2, -0.15) is 5.10 Å². The van der Waals surface area contributed by atoms with Crippen LogP contribution in [0.3, 0.4) is 0 Å². The summed E-state index contributed by atoms with van der Waals surface area (Å²) in [5.41, 5.74) is 4.29. The van der Waals surface area contributed by atoms with Gasteiger partial charge in [-0.25, -0.2) is 0 Å². The molecule has 1 atom stereocenters. The van der Waals surface area contributed by atoms with Gasteiger partial charge in [0.1, 0.15) is 6.04 Å². The molecule has 2 heterocycles. The number of carbonyl (C=O) groups is 2. The molecule has 1 aliphatic heterocycles. The second kappa shape index (κ2) is 7.20. The van der Waals surface area contributed by atoms with E-state index in [1.54, 1.807) is 6.92 Å². The number of nitrogens with one attached hydrogen (secondary N) is 4. The Bertz CT molecular complexity index is 1010. The lowest BCUT2D eigenvalue weighted by Crippen LogP contribution is -2.41.